The van der Waals surface area contributed by atoms with E-state index in [1.807, 2.05) is 6.07 Å². The van der Waals surface area contributed by atoms with E-state index in [0.29, 0.717) is 34.7 Å². The number of hydrogen-bond donors (Lipinski definition) is 1. The van der Waals surface area contributed by atoms with Crippen molar-refractivity contribution < 1.29 is 14.7 Å². The summed E-state index contributed by atoms with van der Waals surface area (Å²) in [7, 11) is 0. The van der Waals surface area contributed by atoms with Gasteiger partial charge in [-0.05, 0) is 48.9 Å². The fraction of sp³-hybridized carbons (Fsp3) is 0.450. The molecule has 2 aliphatic rings. The van der Waals surface area contributed by atoms with Crippen molar-refractivity contribution in [3.63, 3.8) is 0 Å². The third-order valence-electron chi connectivity index (χ3n) is 6.14. The molecule has 166 valence electrons. The van der Waals surface area contributed by atoms with Crippen molar-refractivity contribution in [2.75, 3.05) is 26.2 Å². The van der Waals surface area contributed by atoms with Gasteiger partial charge >= 0.3 is 12.0 Å². The van der Waals surface area contributed by atoms with E-state index in [1.165, 1.54) is 6.20 Å². The van der Waals surface area contributed by atoms with Gasteiger partial charge in [0, 0.05) is 31.2 Å². The van der Waals surface area contributed by atoms with Gasteiger partial charge in [-0.15, -0.1) is 0 Å². The maximum atomic E-state index is 12.7. The summed E-state index contributed by atoms with van der Waals surface area (Å²) in [4.78, 5) is 27.9. The monoisotopic (exact) mass is 504 g/mol. The van der Waals surface area contributed by atoms with Crippen molar-refractivity contribution in [3.8, 4) is 0 Å². The van der Waals surface area contributed by atoms with E-state index in [9.17, 15) is 9.59 Å². The normalized spacial score (nSPS) is 18.6. The average Bonchev–Trinajstić information content (AvgIpc) is 3.29. The van der Waals surface area contributed by atoms with Crippen LogP contribution in [0.5, 0.6) is 0 Å². The van der Waals surface area contributed by atoms with Crippen LogP contribution in [0.3, 0.4) is 0 Å². The van der Waals surface area contributed by atoms with Gasteiger partial charge in [0.1, 0.15) is 0 Å². The Bertz CT molecular complexity index is 1030. The second-order valence-corrected chi connectivity index (χ2v) is 9.80. The molecule has 7 nitrogen and oxygen atoms in total. The summed E-state index contributed by atoms with van der Waals surface area (Å²) in [6, 6.07) is 3.13. The van der Waals surface area contributed by atoms with E-state index in [2.05, 4.69) is 10.00 Å². The van der Waals surface area contributed by atoms with Crippen LogP contribution in [0.25, 0.3) is 0 Å². The molecule has 3 heterocycles. The lowest BCUT2D eigenvalue weighted by Crippen LogP contribution is -2.45. The van der Waals surface area contributed by atoms with Crippen LogP contribution in [0.15, 0.2) is 18.3 Å². The van der Waals surface area contributed by atoms with Gasteiger partial charge in [0.05, 0.1) is 21.3 Å². The van der Waals surface area contributed by atoms with Crippen molar-refractivity contribution in [2.45, 2.75) is 25.8 Å². The molecule has 0 aliphatic carbocycles. The number of piperidine rings is 1. The first-order valence-electron chi connectivity index (χ1n) is 9.81. The number of carboxylic acids is 1. The van der Waals surface area contributed by atoms with E-state index in [0.717, 1.165) is 42.6 Å². The third-order valence-corrected chi connectivity index (χ3v) is 7.48. The zero-order valence-corrected chi connectivity index (χ0v) is 19.5. The molecule has 2 aliphatic heterocycles. The quantitative estimate of drug-likeness (QED) is 0.583. The van der Waals surface area contributed by atoms with E-state index in [-0.39, 0.29) is 22.2 Å². The lowest BCUT2D eigenvalue weighted by molar-refractivity contribution is 0.0690. The van der Waals surface area contributed by atoms with Gasteiger partial charge in [-0.3, -0.25) is 4.90 Å². The Kier molecular flexibility index (Phi) is 6.43. The van der Waals surface area contributed by atoms with E-state index in [1.54, 1.807) is 11.0 Å². The highest BCUT2D eigenvalue weighted by molar-refractivity contribution is 6.43. The molecule has 2 fully saturated rings. The van der Waals surface area contributed by atoms with Gasteiger partial charge in [0.25, 0.3) is 0 Å². The third kappa shape index (κ3) is 4.66. The number of amides is 1. The maximum absolute atomic E-state index is 12.7. The molecule has 0 atom stereocenters. The minimum absolute atomic E-state index is 0.0551. The first-order chi connectivity index (χ1) is 14.7. The summed E-state index contributed by atoms with van der Waals surface area (Å²) in [5.74, 6) is -1.26. The van der Waals surface area contributed by atoms with Crippen LogP contribution in [0, 0.1) is 5.41 Å². The Morgan fingerprint density at radius 3 is 2.35 bits per heavy atom. The zero-order valence-electron chi connectivity index (χ0n) is 16.5. The number of carbonyl (C=O) groups is 2. The molecule has 1 spiro atoms. The number of carboxylic acid groups (broad SMARTS) is 1. The molecule has 1 N–H and O–H groups in total. The SMILES string of the molecule is O=C(O)c1nn(C(=O)N2CCC3(CCN(Cc4cc(Cl)cc(Cl)c4Cl)C3)CC2)cc1Cl. The molecule has 0 radical (unpaired) electrons. The first kappa shape index (κ1) is 22.7. The standard InChI is InChI=1S/C20H20Cl4N4O3/c21-13-7-12(16(24)14(22)8-13)9-26-4-1-20(11-26)2-5-27(6-3-20)19(31)28-10-15(23)17(25-28)18(29)30/h7-8,10H,1-6,9,11H2,(H,29,30). The number of halogens is 4. The zero-order chi connectivity index (χ0) is 22.3. The van der Waals surface area contributed by atoms with Crippen LogP contribution >= 0.6 is 46.4 Å². The predicted molar refractivity (Wildman–Crippen MR) is 120 cm³/mol. The number of rotatable bonds is 3. The molecule has 2 aromatic rings. The second-order valence-electron chi connectivity index (χ2n) is 8.17. The first-order valence-corrected chi connectivity index (χ1v) is 11.3. The summed E-state index contributed by atoms with van der Waals surface area (Å²) in [5, 5.41) is 14.4. The van der Waals surface area contributed by atoms with Crippen LogP contribution in [0.2, 0.25) is 20.1 Å². The van der Waals surface area contributed by atoms with Crippen LogP contribution in [-0.4, -0.2) is 62.9 Å². The molecule has 1 aromatic heterocycles. The molecule has 0 unspecified atom stereocenters. The van der Waals surface area contributed by atoms with Crippen LogP contribution in [0.4, 0.5) is 4.79 Å². The topological polar surface area (TPSA) is 78.7 Å². The fourth-order valence-corrected chi connectivity index (χ4v) is 5.36. The summed E-state index contributed by atoms with van der Waals surface area (Å²) < 4.78 is 1.01. The number of aromatic carboxylic acids is 1. The minimum Gasteiger partial charge on any atom is -0.476 e. The molecule has 0 bridgehead atoms. The molecule has 0 saturated carbocycles. The van der Waals surface area contributed by atoms with Crippen molar-refractivity contribution in [1.29, 1.82) is 0 Å². The number of nitrogens with zero attached hydrogens (tertiary/aromatic N) is 4. The molecule has 1 aromatic carbocycles. The number of benzene rings is 1. The van der Waals surface area contributed by atoms with E-state index >= 15 is 0 Å². The Morgan fingerprint density at radius 1 is 1.03 bits per heavy atom. The van der Waals surface area contributed by atoms with Crippen LogP contribution in [-0.2, 0) is 6.54 Å². The van der Waals surface area contributed by atoms with Crippen molar-refractivity contribution >= 4 is 58.4 Å². The van der Waals surface area contributed by atoms with Gasteiger partial charge < -0.3 is 10.0 Å². The molecule has 1 amide bonds. The Labute approximate surface area is 199 Å². The number of aromatic nitrogens is 2. The molecule has 31 heavy (non-hydrogen) atoms. The van der Waals surface area contributed by atoms with Crippen molar-refractivity contribution in [1.82, 2.24) is 19.6 Å². The average molecular weight is 506 g/mol. The molecule has 4 rings (SSSR count). The van der Waals surface area contributed by atoms with Crippen molar-refractivity contribution in [2.24, 2.45) is 5.41 Å². The van der Waals surface area contributed by atoms with Gasteiger partial charge in [-0.2, -0.15) is 9.78 Å². The minimum atomic E-state index is -1.26. The van der Waals surface area contributed by atoms with Crippen LogP contribution in [0.1, 0.15) is 35.3 Å². The molecular formula is C20H20Cl4N4O3. The van der Waals surface area contributed by atoms with Gasteiger partial charge in [-0.25, -0.2) is 9.59 Å². The van der Waals surface area contributed by atoms with Gasteiger partial charge in [-0.1, -0.05) is 46.4 Å². The number of carbonyl (C=O) groups excluding carboxylic acids is 1. The Morgan fingerprint density at radius 2 is 1.71 bits per heavy atom. The molecular weight excluding hydrogens is 486 g/mol. The summed E-state index contributed by atoms with van der Waals surface area (Å²) in [6.45, 7) is 3.68. The van der Waals surface area contributed by atoms with E-state index < -0.39 is 5.97 Å². The highest BCUT2D eigenvalue weighted by atomic mass is 35.5. The van der Waals surface area contributed by atoms with Crippen LogP contribution < -0.4 is 0 Å². The lowest BCUT2D eigenvalue weighted by atomic mass is 9.78. The van der Waals surface area contributed by atoms with E-state index in [4.69, 9.17) is 51.5 Å². The summed E-state index contributed by atoms with van der Waals surface area (Å²) in [6.07, 6.45) is 4.01. The number of likely N-dealkylation sites (tertiary alicyclic amines) is 2. The lowest BCUT2D eigenvalue weighted by Gasteiger charge is -2.39. The van der Waals surface area contributed by atoms with Gasteiger partial charge in [0.15, 0.2) is 5.69 Å². The van der Waals surface area contributed by atoms with Crippen molar-refractivity contribution in [3.05, 3.63) is 49.7 Å². The Hall–Kier alpha value is -1.51. The van der Waals surface area contributed by atoms with Gasteiger partial charge in [0.2, 0.25) is 0 Å². The highest BCUT2D eigenvalue weighted by Crippen LogP contribution is 2.41. The number of hydrogen-bond acceptors (Lipinski definition) is 4. The molecule has 2 saturated heterocycles. The second kappa shape index (κ2) is 8.79. The largest absolute Gasteiger partial charge is 0.476 e. The smallest absolute Gasteiger partial charge is 0.357 e. The maximum Gasteiger partial charge on any atom is 0.357 e. The summed E-state index contributed by atoms with van der Waals surface area (Å²) >= 11 is 24.5. The Balaban J connectivity index is 1.37. The fourth-order valence-electron chi connectivity index (χ4n) is 4.45. The summed E-state index contributed by atoms with van der Waals surface area (Å²) in [5.41, 5.74) is 0.725. The predicted octanol–water partition coefficient (Wildman–Crippen LogP) is 5.15. The highest BCUT2D eigenvalue weighted by Gasteiger charge is 2.41. The molecule has 11 heteroatoms.